The zero-order chi connectivity index (χ0) is 15.1. The van der Waals surface area contributed by atoms with Crippen molar-refractivity contribution in [1.82, 2.24) is 0 Å². The Balaban J connectivity index is 1.67. The molecule has 0 aliphatic carbocycles. The SMILES string of the molecule is Cc1cc(C)cc(OCCCO/N=C(/N)c2cccs2)c1. The lowest BCUT2D eigenvalue weighted by Gasteiger charge is -2.07. The van der Waals surface area contributed by atoms with Crippen LogP contribution in [0.4, 0.5) is 0 Å². The first-order chi connectivity index (χ1) is 10.1. The van der Waals surface area contributed by atoms with Gasteiger partial charge in [0.25, 0.3) is 0 Å². The van der Waals surface area contributed by atoms with Crippen molar-refractivity contribution in [2.24, 2.45) is 10.9 Å². The van der Waals surface area contributed by atoms with Crippen LogP contribution in [0.2, 0.25) is 0 Å². The van der Waals surface area contributed by atoms with Gasteiger partial charge in [0.2, 0.25) is 0 Å². The summed E-state index contributed by atoms with van der Waals surface area (Å²) in [6.07, 6.45) is 0.758. The first-order valence-corrected chi connectivity index (χ1v) is 7.73. The predicted octanol–water partition coefficient (Wildman–Crippen LogP) is 3.47. The lowest BCUT2D eigenvalue weighted by Crippen LogP contribution is -2.12. The van der Waals surface area contributed by atoms with Crippen LogP contribution >= 0.6 is 11.3 Å². The number of aryl methyl sites for hydroxylation is 2. The lowest BCUT2D eigenvalue weighted by molar-refractivity contribution is 0.127. The third kappa shape index (κ3) is 5.11. The molecule has 0 aliphatic heterocycles. The zero-order valence-corrected chi connectivity index (χ0v) is 13.2. The van der Waals surface area contributed by atoms with Crippen molar-refractivity contribution in [2.75, 3.05) is 13.2 Å². The summed E-state index contributed by atoms with van der Waals surface area (Å²) < 4.78 is 5.69. The summed E-state index contributed by atoms with van der Waals surface area (Å²) in [5, 5.41) is 5.84. The summed E-state index contributed by atoms with van der Waals surface area (Å²) in [5.74, 6) is 1.31. The van der Waals surface area contributed by atoms with Gasteiger partial charge in [0.1, 0.15) is 12.4 Å². The Morgan fingerprint density at radius 1 is 1.19 bits per heavy atom. The second-order valence-corrected chi connectivity index (χ2v) is 5.76. The standard InChI is InChI=1S/C16H20N2O2S/c1-12-9-13(2)11-14(10-12)19-6-4-7-20-18-16(17)15-5-3-8-21-15/h3,5,8-11H,4,6-7H2,1-2H3,(H2,17,18). The van der Waals surface area contributed by atoms with Crippen molar-refractivity contribution in [1.29, 1.82) is 0 Å². The van der Waals surface area contributed by atoms with Gasteiger partial charge in [0.15, 0.2) is 5.84 Å². The minimum atomic E-state index is 0.417. The Labute approximate surface area is 129 Å². The molecule has 0 saturated carbocycles. The summed E-state index contributed by atoms with van der Waals surface area (Å²) in [6, 6.07) is 10.0. The molecule has 0 atom stereocenters. The van der Waals surface area contributed by atoms with Gasteiger partial charge >= 0.3 is 0 Å². The molecule has 0 amide bonds. The maximum atomic E-state index is 5.78. The number of benzene rings is 1. The molecule has 2 rings (SSSR count). The third-order valence-corrected chi connectivity index (χ3v) is 3.67. The van der Waals surface area contributed by atoms with E-state index >= 15 is 0 Å². The monoisotopic (exact) mass is 304 g/mol. The smallest absolute Gasteiger partial charge is 0.180 e. The number of rotatable bonds is 7. The van der Waals surface area contributed by atoms with Gasteiger partial charge in [0.05, 0.1) is 11.5 Å². The summed E-state index contributed by atoms with van der Waals surface area (Å²) in [7, 11) is 0. The van der Waals surface area contributed by atoms with E-state index in [2.05, 4.69) is 25.1 Å². The van der Waals surface area contributed by atoms with Gasteiger partial charge in [-0.15, -0.1) is 11.3 Å². The number of oxime groups is 1. The Morgan fingerprint density at radius 2 is 1.95 bits per heavy atom. The molecule has 0 spiro atoms. The highest BCUT2D eigenvalue weighted by molar-refractivity contribution is 7.12. The molecule has 2 N–H and O–H groups in total. The molecule has 0 bridgehead atoms. The highest BCUT2D eigenvalue weighted by Gasteiger charge is 2.00. The molecule has 21 heavy (non-hydrogen) atoms. The van der Waals surface area contributed by atoms with Crippen LogP contribution in [0.25, 0.3) is 0 Å². The van der Waals surface area contributed by atoms with Crippen LogP contribution < -0.4 is 10.5 Å². The second-order valence-electron chi connectivity index (χ2n) is 4.81. The van der Waals surface area contributed by atoms with E-state index in [1.54, 1.807) is 0 Å². The number of thiophene rings is 1. The molecule has 2 aromatic rings. The van der Waals surface area contributed by atoms with Gasteiger partial charge in [-0.05, 0) is 48.6 Å². The van der Waals surface area contributed by atoms with Crippen molar-refractivity contribution in [3.63, 3.8) is 0 Å². The average Bonchev–Trinajstić information content (AvgIpc) is 2.95. The average molecular weight is 304 g/mol. The Kier molecular flexibility index (Phi) is 5.63. The van der Waals surface area contributed by atoms with Gasteiger partial charge in [-0.25, -0.2) is 0 Å². The number of amidine groups is 1. The largest absolute Gasteiger partial charge is 0.493 e. The number of ether oxygens (including phenoxy) is 1. The summed E-state index contributed by atoms with van der Waals surface area (Å²) in [6.45, 7) is 5.20. The number of hydrogen-bond acceptors (Lipinski definition) is 4. The van der Waals surface area contributed by atoms with Crippen LogP contribution in [-0.2, 0) is 4.84 Å². The van der Waals surface area contributed by atoms with E-state index in [4.69, 9.17) is 15.3 Å². The molecule has 5 heteroatoms. The molecule has 4 nitrogen and oxygen atoms in total. The topological polar surface area (TPSA) is 56.8 Å². The van der Waals surface area contributed by atoms with E-state index in [0.717, 1.165) is 17.0 Å². The molecular weight excluding hydrogens is 284 g/mol. The van der Waals surface area contributed by atoms with Crippen LogP contribution in [-0.4, -0.2) is 19.0 Å². The van der Waals surface area contributed by atoms with Crippen LogP contribution in [0, 0.1) is 13.8 Å². The summed E-state index contributed by atoms with van der Waals surface area (Å²) in [5.41, 5.74) is 8.19. The number of hydrogen-bond donors (Lipinski definition) is 1. The van der Waals surface area contributed by atoms with E-state index in [-0.39, 0.29) is 0 Å². The van der Waals surface area contributed by atoms with Crippen molar-refractivity contribution in [3.05, 3.63) is 51.7 Å². The van der Waals surface area contributed by atoms with E-state index in [1.165, 1.54) is 22.5 Å². The van der Waals surface area contributed by atoms with Crippen LogP contribution in [0.1, 0.15) is 22.4 Å². The first-order valence-electron chi connectivity index (χ1n) is 6.85. The van der Waals surface area contributed by atoms with Gasteiger partial charge in [-0.1, -0.05) is 17.3 Å². The Morgan fingerprint density at radius 3 is 2.62 bits per heavy atom. The molecule has 1 aromatic carbocycles. The van der Waals surface area contributed by atoms with Gasteiger partial charge in [-0.3, -0.25) is 0 Å². The van der Waals surface area contributed by atoms with E-state index in [9.17, 15) is 0 Å². The Bertz CT molecular complexity index is 574. The molecule has 0 unspecified atom stereocenters. The van der Waals surface area contributed by atoms with Crippen molar-refractivity contribution in [2.45, 2.75) is 20.3 Å². The minimum Gasteiger partial charge on any atom is -0.493 e. The third-order valence-electron chi connectivity index (χ3n) is 2.78. The zero-order valence-electron chi connectivity index (χ0n) is 12.3. The summed E-state index contributed by atoms with van der Waals surface area (Å²) >= 11 is 1.54. The molecule has 0 saturated heterocycles. The van der Waals surface area contributed by atoms with E-state index in [1.807, 2.05) is 29.6 Å². The minimum absolute atomic E-state index is 0.417. The Hall–Kier alpha value is -2.01. The van der Waals surface area contributed by atoms with Crippen molar-refractivity contribution >= 4 is 17.2 Å². The molecule has 1 aromatic heterocycles. The van der Waals surface area contributed by atoms with Gasteiger partial charge < -0.3 is 15.3 Å². The lowest BCUT2D eigenvalue weighted by atomic mass is 10.1. The van der Waals surface area contributed by atoms with Crippen LogP contribution in [0.15, 0.2) is 40.9 Å². The summed E-state index contributed by atoms with van der Waals surface area (Å²) in [4.78, 5) is 6.11. The molecule has 0 fully saturated rings. The van der Waals surface area contributed by atoms with E-state index in [0.29, 0.717) is 19.0 Å². The fourth-order valence-corrected chi connectivity index (χ4v) is 2.53. The molecule has 1 heterocycles. The van der Waals surface area contributed by atoms with Gasteiger partial charge in [0, 0.05) is 6.42 Å². The highest BCUT2D eigenvalue weighted by Crippen LogP contribution is 2.16. The number of nitrogens with zero attached hydrogens (tertiary/aromatic N) is 1. The molecular formula is C16H20N2O2S. The van der Waals surface area contributed by atoms with E-state index < -0.39 is 0 Å². The normalized spacial score (nSPS) is 11.4. The number of nitrogens with two attached hydrogens (primary N) is 1. The fraction of sp³-hybridized carbons (Fsp3) is 0.312. The maximum Gasteiger partial charge on any atom is 0.180 e. The van der Waals surface area contributed by atoms with Crippen LogP contribution in [0.5, 0.6) is 5.75 Å². The first kappa shape index (κ1) is 15.4. The fourth-order valence-electron chi connectivity index (χ4n) is 1.91. The van der Waals surface area contributed by atoms with Crippen molar-refractivity contribution in [3.8, 4) is 5.75 Å². The van der Waals surface area contributed by atoms with Crippen LogP contribution in [0.3, 0.4) is 0 Å². The molecule has 0 aliphatic rings. The quantitative estimate of drug-likeness (QED) is 0.369. The molecule has 0 radical (unpaired) electrons. The van der Waals surface area contributed by atoms with Crippen molar-refractivity contribution < 1.29 is 9.57 Å². The second kappa shape index (κ2) is 7.69. The van der Waals surface area contributed by atoms with Gasteiger partial charge in [-0.2, -0.15) is 0 Å². The highest BCUT2D eigenvalue weighted by atomic mass is 32.1. The predicted molar refractivity (Wildman–Crippen MR) is 87.0 cm³/mol. The molecule has 112 valence electrons. The maximum absolute atomic E-state index is 5.78.